The Kier molecular flexibility index (Phi) is 0.639. The van der Waals surface area contributed by atoms with Gasteiger partial charge in [0.15, 0.2) is 0 Å². The van der Waals surface area contributed by atoms with Crippen LogP contribution in [0.15, 0.2) is 0 Å². The molecule has 0 aromatic rings. The first-order valence-corrected chi connectivity index (χ1v) is 3.23. The summed E-state index contributed by atoms with van der Waals surface area (Å²) in [5, 5.41) is 0. The van der Waals surface area contributed by atoms with Crippen molar-refractivity contribution in [2.75, 3.05) is 11.5 Å². The molecule has 0 N–H and O–H groups in total. The van der Waals surface area contributed by atoms with Crippen LogP contribution in [-0.4, -0.2) is 13.8 Å². The Morgan fingerprint density at radius 2 is 2.00 bits per heavy atom. The van der Waals surface area contributed by atoms with Gasteiger partial charge in [-0.2, -0.15) is 0 Å². The minimum Gasteiger partial charge on any atom is -0.266 e. The lowest BCUT2D eigenvalue weighted by Crippen LogP contribution is -1.58. The van der Waals surface area contributed by atoms with E-state index in [9.17, 15) is 0 Å². The first-order valence-electron chi connectivity index (χ1n) is 2.89. The van der Waals surface area contributed by atoms with Gasteiger partial charge in [0.05, 0.1) is 2.25 Å². The molecule has 0 unspecified atom stereocenters. The van der Waals surface area contributed by atoms with Gasteiger partial charge in [-0.05, 0) is 24.3 Å². The molecule has 32 valence electrons. The van der Waals surface area contributed by atoms with Gasteiger partial charge in [0, 0.05) is 0 Å². The van der Waals surface area contributed by atoms with E-state index in [1.165, 1.54) is 0 Å². The van der Waals surface area contributed by atoms with Gasteiger partial charge in [-0.3, -0.25) is 11.6 Å². The quantitative estimate of drug-likeness (QED) is 0.418. The number of hydrogen-bond donors (Lipinski definition) is 0. The SMILES string of the molecule is [2H]S1([2H])CCCC1. The van der Waals surface area contributed by atoms with Gasteiger partial charge in [-0.25, -0.2) is 0 Å². The van der Waals surface area contributed by atoms with Crippen molar-refractivity contribution in [1.82, 2.24) is 0 Å². The molecule has 1 aliphatic heterocycles. The summed E-state index contributed by atoms with van der Waals surface area (Å²) in [6.07, 6.45) is 2.25. The van der Waals surface area contributed by atoms with E-state index in [0.29, 0.717) is 0 Å². The maximum Gasteiger partial charge on any atom is 0.0792 e. The zero-order valence-corrected chi connectivity index (χ0v) is 4.05. The highest BCUT2D eigenvalue weighted by Gasteiger charge is 1.92. The summed E-state index contributed by atoms with van der Waals surface area (Å²) in [7, 11) is 0. The van der Waals surface area contributed by atoms with Crippen molar-refractivity contribution in [2.45, 2.75) is 12.8 Å². The van der Waals surface area contributed by atoms with Crippen LogP contribution in [0.25, 0.3) is 0 Å². The van der Waals surface area contributed by atoms with Gasteiger partial charge in [0.2, 0.25) is 0 Å². The first-order chi connectivity index (χ1) is 3.21. The third-order valence-corrected chi connectivity index (χ3v) is 1.98. The standard InChI is InChI=1S/C4H10S/c1-2-4-5-3-1/h1-5H2/i5D2. The largest absolute Gasteiger partial charge is 0.266 e. The molecule has 0 amide bonds. The van der Waals surface area contributed by atoms with E-state index in [2.05, 4.69) is 0 Å². The molecule has 0 aromatic heterocycles. The Hall–Kier alpha value is 0.350. The molecule has 0 nitrogen and oxygen atoms in total. The molecule has 1 heterocycles. The Balaban J connectivity index is 2.40. The van der Waals surface area contributed by atoms with Gasteiger partial charge >= 0.3 is 0 Å². The lowest BCUT2D eigenvalue weighted by molar-refractivity contribution is 0.949. The van der Waals surface area contributed by atoms with E-state index < -0.39 is 11.6 Å². The van der Waals surface area contributed by atoms with Crippen molar-refractivity contribution in [2.24, 2.45) is 0 Å². The molecule has 1 aliphatic rings. The topological polar surface area (TPSA) is 0 Å². The van der Waals surface area contributed by atoms with E-state index in [-0.39, 0.29) is 0 Å². The normalized spacial score (nSPS) is 46.4. The highest BCUT2D eigenvalue weighted by molar-refractivity contribution is 7.99. The molecule has 0 bridgehead atoms. The van der Waals surface area contributed by atoms with Crippen LogP contribution in [0.5, 0.6) is 0 Å². The van der Waals surface area contributed by atoms with Crippen LogP contribution in [0.3, 0.4) is 0 Å². The Labute approximate surface area is 39.1 Å². The van der Waals surface area contributed by atoms with Crippen molar-refractivity contribution < 1.29 is 0 Å². The summed E-state index contributed by atoms with van der Waals surface area (Å²) in [5.74, 6) is 1.74. The minimum atomic E-state index is -1.55. The average Bonchev–Trinajstić information content (AvgIpc) is 1.84. The van der Waals surface area contributed by atoms with Crippen LogP contribution < -0.4 is 0 Å². The van der Waals surface area contributed by atoms with Crippen molar-refractivity contribution in [3.8, 4) is 0 Å². The van der Waals surface area contributed by atoms with Crippen molar-refractivity contribution in [1.29, 1.82) is 2.25 Å². The molecule has 0 aliphatic carbocycles. The van der Waals surface area contributed by atoms with Gasteiger partial charge in [-0.1, -0.05) is 0 Å². The van der Waals surface area contributed by atoms with Crippen LogP contribution in [0.2, 0.25) is 0 Å². The lowest BCUT2D eigenvalue weighted by atomic mass is 10.4. The summed E-state index contributed by atoms with van der Waals surface area (Å²) in [5.41, 5.74) is 0. The third kappa shape index (κ3) is 0.839. The van der Waals surface area contributed by atoms with Gasteiger partial charge in [-0.15, -0.1) is 0 Å². The van der Waals surface area contributed by atoms with Crippen LogP contribution in [-0.2, 0) is 0 Å². The Bertz CT molecular complexity index is 64.1. The van der Waals surface area contributed by atoms with E-state index in [0.717, 1.165) is 24.3 Å². The van der Waals surface area contributed by atoms with E-state index in [1.54, 1.807) is 0 Å². The predicted molar refractivity (Wildman–Crippen MR) is 29.3 cm³/mol. The second-order valence-corrected chi connectivity index (χ2v) is 2.54. The predicted octanol–water partition coefficient (Wildman–Crippen LogP) is 0.978. The molecular formula is C4H10S. The second kappa shape index (κ2) is 1.71. The summed E-state index contributed by atoms with van der Waals surface area (Å²) < 4.78 is 14.5. The molecule has 0 radical (unpaired) electrons. The highest BCUT2D eigenvalue weighted by atomic mass is 32.2. The minimum absolute atomic E-state index is 0.868. The fraction of sp³-hybridized carbons (Fsp3) is 1.00. The maximum atomic E-state index is 7.24. The summed E-state index contributed by atoms with van der Waals surface area (Å²) in [6, 6.07) is 0. The lowest BCUT2D eigenvalue weighted by Gasteiger charge is -1.75. The highest BCUT2D eigenvalue weighted by Crippen LogP contribution is 2.14. The fourth-order valence-electron chi connectivity index (χ4n) is 0.510. The molecule has 0 atom stereocenters. The number of rotatable bonds is 0. The molecule has 1 rings (SSSR count). The molecule has 0 saturated carbocycles. The van der Waals surface area contributed by atoms with E-state index in [4.69, 9.17) is 2.25 Å². The maximum absolute atomic E-state index is 7.24. The summed E-state index contributed by atoms with van der Waals surface area (Å²) >= 11 is -1.55. The monoisotopic (exact) mass is 92.1 g/mol. The van der Waals surface area contributed by atoms with Crippen LogP contribution in [0.4, 0.5) is 0 Å². The average molecular weight is 92.2 g/mol. The van der Waals surface area contributed by atoms with Crippen LogP contribution >= 0.6 is 11.6 Å². The first kappa shape index (κ1) is 1.87. The van der Waals surface area contributed by atoms with Gasteiger partial charge in [0.1, 0.15) is 0 Å². The third-order valence-electron chi connectivity index (χ3n) is 0.827. The van der Waals surface area contributed by atoms with Crippen molar-refractivity contribution in [3.63, 3.8) is 0 Å². The second-order valence-electron chi connectivity index (χ2n) is 1.32. The molecule has 5 heavy (non-hydrogen) atoms. The number of hydrogen-bond acceptors (Lipinski definition) is 0. The molecule has 1 saturated heterocycles. The van der Waals surface area contributed by atoms with Crippen molar-refractivity contribution in [3.05, 3.63) is 0 Å². The summed E-state index contributed by atoms with van der Waals surface area (Å²) in [4.78, 5) is 0. The van der Waals surface area contributed by atoms with Gasteiger partial charge < -0.3 is 0 Å². The fourth-order valence-corrected chi connectivity index (χ4v) is 1.53. The molecule has 1 heteroatoms. The Morgan fingerprint density at radius 1 is 1.40 bits per heavy atom. The molecule has 0 spiro atoms. The smallest absolute Gasteiger partial charge is 0.0792 e. The summed E-state index contributed by atoms with van der Waals surface area (Å²) in [6.45, 7) is 0. The van der Waals surface area contributed by atoms with Crippen LogP contribution in [0.1, 0.15) is 12.8 Å². The van der Waals surface area contributed by atoms with Gasteiger partial charge in [0.25, 0.3) is 0 Å². The molecule has 0 aromatic carbocycles. The van der Waals surface area contributed by atoms with Crippen LogP contribution in [0, 0.1) is 0 Å². The Morgan fingerprint density at radius 3 is 2.20 bits per heavy atom. The van der Waals surface area contributed by atoms with E-state index in [1.807, 2.05) is 0 Å². The zero-order valence-electron chi connectivity index (χ0n) is 5.24. The van der Waals surface area contributed by atoms with E-state index >= 15 is 0 Å². The van der Waals surface area contributed by atoms with Crippen molar-refractivity contribution >= 4 is 11.6 Å². The zero-order chi connectivity index (χ0) is 5.33. The molecule has 1 fully saturated rings. The molecular weight excluding hydrogens is 80.1 g/mol.